The van der Waals surface area contributed by atoms with Gasteiger partial charge in [-0.2, -0.15) is 0 Å². The summed E-state index contributed by atoms with van der Waals surface area (Å²) in [6, 6.07) is 5.66. The fourth-order valence-electron chi connectivity index (χ4n) is 5.33. The number of ether oxygens (including phenoxy) is 1. The van der Waals surface area contributed by atoms with Crippen LogP contribution in [0.15, 0.2) is 23.0 Å². The number of hydrogen-bond acceptors (Lipinski definition) is 5. The van der Waals surface area contributed by atoms with E-state index in [2.05, 4.69) is 4.98 Å². The number of aromatic amines is 1. The topological polar surface area (TPSA) is 95.6 Å². The molecule has 1 aromatic carbocycles. The zero-order chi connectivity index (χ0) is 22.7. The molecule has 4 heterocycles. The maximum atomic E-state index is 13.1. The van der Waals surface area contributed by atoms with Crippen molar-refractivity contribution in [3.63, 3.8) is 0 Å². The minimum absolute atomic E-state index is 0.00126. The fourth-order valence-corrected chi connectivity index (χ4v) is 5.33. The van der Waals surface area contributed by atoms with E-state index in [0.29, 0.717) is 55.2 Å². The van der Waals surface area contributed by atoms with Gasteiger partial charge < -0.3 is 19.5 Å². The standard InChI is InChI=1S/C25H28N4O4/c1-14-10-18-11-16(4-5-21(18)33-14)25(32)28-8-6-17(12-28)22-26-20-13-29(24(31)15-2-3-15)9-7-19(20)23(30)27-22/h4-5,11,14-15,17H,2-3,6-10,12-13H2,1H3,(H,26,27,30)/t14-,17-/m0/s1. The molecule has 3 aliphatic heterocycles. The highest BCUT2D eigenvalue weighted by molar-refractivity contribution is 5.95. The van der Waals surface area contributed by atoms with E-state index in [4.69, 9.17) is 9.72 Å². The van der Waals surface area contributed by atoms with Gasteiger partial charge in [0.2, 0.25) is 5.91 Å². The van der Waals surface area contributed by atoms with Crippen molar-refractivity contribution in [3.8, 4) is 5.75 Å². The Hall–Kier alpha value is -3.16. The first-order valence-electron chi connectivity index (χ1n) is 12.0. The van der Waals surface area contributed by atoms with Gasteiger partial charge in [0, 0.05) is 49.0 Å². The summed E-state index contributed by atoms with van der Waals surface area (Å²) < 4.78 is 5.75. The first-order chi connectivity index (χ1) is 16.0. The van der Waals surface area contributed by atoms with E-state index in [1.165, 1.54) is 0 Å². The van der Waals surface area contributed by atoms with Gasteiger partial charge in [0.1, 0.15) is 17.7 Å². The van der Waals surface area contributed by atoms with Crippen LogP contribution in [0.4, 0.5) is 0 Å². The van der Waals surface area contributed by atoms with Crippen molar-refractivity contribution in [1.82, 2.24) is 19.8 Å². The Morgan fingerprint density at radius 2 is 2.00 bits per heavy atom. The Morgan fingerprint density at radius 3 is 2.82 bits per heavy atom. The lowest BCUT2D eigenvalue weighted by Crippen LogP contribution is -2.40. The summed E-state index contributed by atoms with van der Waals surface area (Å²) >= 11 is 0. The number of benzene rings is 1. The van der Waals surface area contributed by atoms with E-state index in [1.807, 2.05) is 34.9 Å². The molecule has 0 spiro atoms. The van der Waals surface area contributed by atoms with Crippen molar-refractivity contribution in [2.75, 3.05) is 19.6 Å². The molecule has 1 aliphatic carbocycles. The molecule has 4 aliphatic rings. The number of rotatable bonds is 3. The zero-order valence-corrected chi connectivity index (χ0v) is 18.8. The third-order valence-corrected chi connectivity index (χ3v) is 7.34. The van der Waals surface area contributed by atoms with Gasteiger partial charge in [-0.15, -0.1) is 0 Å². The van der Waals surface area contributed by atoms with Crippen LogP contribution in [0.5, 0.6) is 5.75 Å². The van der Waals surface area contributed by atoms with Crippen molar-refractivity contribution in [1.29, 1.82) is 0 Å². The second kappa shape index (κ2) is 7.71. The number of fused-ring (bicyclic) bond motifs is 2. The molecule has 172 valence electrons. The summed E-state index contributed by atoms with van der Waals surface area (Å²) in [5.41, 5.74) is 3.06. The lowest BCUT2D eigenvalue weighted by atomic mass is 10.0. The van der Waals surface area contributed by atoms with Crippen LogP contribution in [0.1, 0.15) is 65.1 Å². The van der Waals surface area contributed by atoms with Gasteiger partial charge in [-0.3, -0.25) is 14.4 Å². The first-order valence-corrected chi connectivity index (χ1v) is 12.0. The number of carbonyl (C=O) groups is 2. The van der Waals surface area contributed by atoms with Crippen LogP contribution in [0, 0.1) is 5.92 Å². The van der Waals surface area contributed by atoms with Gasteiger partial charge in [-0.1, -0.05) is 0 Å². The molecule has 0 bridgehead atoms. The number of carbonyl (C=O) groups excluding carboxylic acids is 2. The molecule has 0 radical (unpaired) electrons. The van der Waals surface area contributed by atoms with E-state index in [0.717, 1.165) is 37.0 Å². The molecule has 8 nitrogen and oxygen atoms in total. The molecule has 8 heteroatoms. The highest BCUT2D eigenvalue weighted by Crippen LogP contribution is 2.33. The molecule has 2 fully saturated rings. The number of likely N-dealkylation sites (tertiary alicyclic amines) is 1. The molecular weight excluding hydrogens is 420 g/mol. The summed E-state index contributed by atoms with van der Waals surface area (Å²) in [7, 11) is 0. The Kier molecular flexibility index (Phi) is 4.78. The van der Waals surface area contributed by atoms with E-state index in [9.17, 15) is 14.4 Å². The number of aromatic nitrogens is 2. The van der Waals surface area contributed by atoms with Gasteiger partial charge in [-0.05, 0) is 56.4 Å². The molecule has 1 N–H and O–H groups in total. The largest absolute Gasteiger partial charge is 0.490 e. The Bertz CT molecular complexity index is 1200. The minimum atomic E-state index is -0.106. The third-order valence-electron chi connectivity index (χ3n) is 7.34. The average Bonchev–Trinajstić information content (AvgIpc) is 3.41. The smallest absolute Gasteiger partial charge is 0.254 e. The predicted octanol–water partition coefficient (Wildman–Crippen LogP) is 2.02. The first kappa shape index (κ1) is 20.4. The summed E-state index contributed by atoms with van der Waals surface area (Å²) in [4.78, 5) is 49.8. The lowest BCUT2D eigenvalue weighted by Gasteiger charge is -2.28. The number of hydrogen-bond donors (Lipinski definition) is 1. The van der Waals surface area contributed by atoms with Crippen LogP contribution in [-0.2, 0) is 24.2 Å². The highest BCUT2D eigenvalue weighted by atomic mass is 16.5. The molecule has 2 amide bonds. The van der Waals surface area contributed by atoms with Crippen LogP contribution < -0.4 is 10.3 Å². The molecule has 1 saturated carbocycles. The monoisotopic (exact) mass is 448 g/mol. The van der Waals surface area contributed by atoms with Crippen LogP contribution in [0.25, 0.3) is 0 Å². The van der Waals surface area contributed by atoms with Crippen LogP contribution in [0.3, 0.4) is 0 Å². The minimum Gasteiger partial charge on any atom is -0.490 e. The molecule has 33 heavy (non-hydrogen) atoms. The predicted molar refractivity (Wildman–Crippen MR) is 120 cm³/mol. The number of H-pyrrole nitrogens is 1. The molecule has 2 atom stereocenters. The van der Waals surface area contributed by atoms with Gasteiger partial charge in [0.05, 0.1) is 12.2 Å². The van der Waals surface area contributed by atoms with E-state index < -0.39 is 0 Å². The van der Waals surface area contributed by atoms with Gasteiger partial charge in [-0.25, -0.2) is 4.98 Å². The Balaban J connectivity index is 1.18. The normalized spacial score (nSPS) is 23.8. The summed E-state index contributed by atoms with van der Waals surface area (Å²) in [5, 5.41) is 0. The molecule has 0 unspecified atom stereocenters. The van der Waals surface area contributed by atoms with Crippen LogP contribution in [-0.4, -0.2) is 57.3 Å². The quantitative estimate of drug-likeness (QED) is 0.775. The highest BCUT2D eigenvalue weighted by Gasteiger charge is 2.36. The van der Waals surface area contributed by atoms with E-state index in [1.54, 1.807) is 0 Å². The average molecular weight is 449 g/mol. The van der Waals surface area contributed by atoms with Crippen LogP contribution in [0.2, 0.25) is 0 Å². The van der Waals surface area contributed by atoms with Crippen molar-refractivity contribution in [2.45, 2.75) is 57.6 Å². The summed E-state index contributed by atoms with van der Waals surface area (Å²) in [5.74, 6) is 1.84. The Labute approximate surface area is 191 Å². The van der Waals surface area contributed by atoms with Gasteiger partial charge in [0.25, 0.3) is 11.5 Å². The lowest BCUT2D eigenvalue weighted by molar-refractivity contribution is -0.133. The second-order valence-electron chi connectivity index (χ2n) is 9.85. The molecule has 1 saturated heterocycles. The zero-order valence-electron chi connectivity index (χ0n) is 18.8. The van der Waals surface area contributed by atoms with E-state index >= 15 is 0 Å². The Morgan fingerprint density at radius 1 is 1.15 bits per heavy atom. The molecule has 2 aromatic rings. The number of nitrogens with one attached hydrogen (secondary N) is 1. The number of amides is 2. The third kappa shape index (κ3) is 3.71. The van der Waals surface area contributed by atoms with Crippen LogP contribution >= 0.6 is 0 Å². The van der Waals surface area contributed by atoms with E-state index in [-0.39, 0.29) is 35.3 Å². The molecule has 1 aromatic heterocycles. The number of nitrogens with zero attached hydrogens (tertiary/aromatic N) is 3. The fraction of sp³-hybridized carbons (Fsp3) is 0.520. The molecule has 6 rings (SSSR count). The second-order valence-corrected chi connectivity index (χ2v) is 9.85. The van der Waals surface area contributed by atoms with Gasteiger partial charge >= 0.3 is 0 Å². The van der Waals surface area contributed by atoms with Crippen molar-refractivity contribution >= 4 is 11.8 Å². The summed E-state index contributed by atoms with van der Waals surface area (Å²) in [6.45, 7) is 4.17. The van der Waals surface area contributed by atoms with Gasteiger partial charge in [0.15, 0.2) is 0 Å². The molecular formula is C25H28N4O4. The maximum Gasteiger partial charge on any atom is 0.254 e. The summed E-state index contributed by atoms with van der Waals surface area (Å²) in [6.07, 6.45) is 4.20. The van der Waals surface area contributed by atoms with Crippen molar-refractivity contribution < 1.29 is 14.3 Å². The van der Waals surface area contributed by atoms with Crippen molar-refractivity contribution in [3.05, 3.63) is 56.8 Å². The van der Waals surface area contributed by atoms with Crippen molar-refractivity contribution in [2.24, 2.45) is 5.92 Å². The maximum absolute atomic E-state index is 13.1. The SMILES string of the molecule is C[C@H]1Cc2cc(C(=O)N3CC[C@H](c4nc5c(c(=O)[nH]4)CCN(C(=O)C4CC4)C5)C3)ccc2O1.